The summed E-state index contributed by atoms with van der Waals surface area (Å²) in [5.41, 5.74) is 0. The van der Waals surface area contributed by atoms with E-state index in [1.54, 1.807) is 0 Å². The summed E-state index contributed by atoms with van der Waals surface area (Å²) in [6.07, 6.45) is 4.94. The van der Waals surface area contributed by atoms with Crippen LogP contribution in [0.1, 0.15) is 60.3 Å². The SMILES string of the molecule is CCCNC1CCOCC1N(CCC(C)C)CCC(C)C. The van der Waals surface area contributed by atoms with Gasteiger partial charge in [0.15, 0.2) is 0 Å². The number of rotatable bonds is 10. The molecule has 1 fully saturated rings. The highest BCUT2D eigenvalue weighted by atomic mass is 16.5. The van der Waals surface area contributed by atoms with Crippen molar-refractivity contribution in [2.75, 3.05) is 32.8 Å². The number of hydrogen-bond acceptors (Lipinski definition) is 3. The summed E-state index contributed by atoms with van der Waals surface area (Å²) in [7, 11) is 0. The first kappa shape index (κ1) is 18.9. The van der Waals surface area contributed by atoms with E-state index < -0.39 is 0 Å². The molecule has 1 rings (SSSR count). The molecule has 0 spiro atoms. The van der Waals surface area contributed by atoms with Crippen molar-refractivity contribution >= 4 is 0 Å². The van der Waals surface area contributed by atoms with Crippen LogP contribution in [-0.4, -0.2) is 49.8 Å². The monoisotopic (exact) mass is 298 g/mol. The van der Waals surface area contributed by atoms with Gasteiger partial charge in [0.2, 0.25) is 0 Å². The Balaban J connectivity index is 2.61. The van der Waals surface area contributed by atoms with Crippen LogP contribution in [0.4, 0.5) is 0 Å². The molecule has 3 nitrogen and oxygen atoms in total. The molecule has 1 aliphatic rings. The van der Waals surface area contributed by atoms with Gasteiger partial charge in [0.05, 0.1) is 6.61 Å². The molecule has 0 amide bonds. The largest absolute Gasteiger partial charge is 0.380 e. The van der Waals surface area contributed by atoms with E-state index in [1.807, 2.05) is 0 Å². The lowest BCUT2D eigenvalue weighted by molar-refractivity contribution is -0.00603. The van der Waals surface area contributed by atoms with Crippen LogP contribution in [0.5, 0.6) is 0 Å². The number of ether oxygens (including phenoxy) is 1. The van der Waals surface area contributed by atoms with Gasteiger partial charge < -0.3 is 10.1 Å². The molecule has 3 heteroatoms. The second kappa shape index (κ2) is 10.6. The highest BCUT2D eigenvalue weighted by molar-refractivity contribution is 4.87. The normalized spacial score (nSPS) is 23.4. The van der Waals surface area contributed by atoms with Crippen molar-refractivity contribution in [3.63, 3.8) is 0 Å². The Bertz CT molecular complexity index is 244. The maximum absolute atomic E-state index is 5.81. The van der Waals surface area contributed by atoms with Gasteiger partial charge in [-0.2, -0.15) is 0 Å². The van der Waals surface area contributed by atoms with Crippen molar-refractivity contribution in [2.24, 2.45) is 11.8 Å². The molecular weight excluding hydrogens is 260 g/mol. The van der Waals surface area contributed by atoms with Crippen LogP contribution in [0.25, 0.3) is 0 Å². The first-order chi connectivity index (χ1) is 10.0. The lowest BCUT2D eigenvalue weighted by Gasteiger charge is -2.41. The highest BCUT2D eigenvalue weighted by Crippen LogP contribution is 2.18. The van der Waals surface area contributed by atoms with Crippen LogP contribution in [0, 0.1) is 11.8 Å². The van der Waals surface area contributed by atoms with Crippen LogP contribution in [0.3, 0.4) is 0 Å². The Morgan fingerprint density at radius 3 is 2.24 bits per heavy atom. The standard InChI is InChI=1S/C18H38N2O/c1-6-10-19-17-9-13-21-14-18(17)20(11-7-15(2)3)12-8-16(4)5/h15-19H,6-14H2,1-5H3. The van der Waals surface area contributed by atoms with E-state index >= 15 is 0 Å². The lowest BCUT2D eigenvalue weighted by atomic mass is 9.99. The maximum Gasteiger partial charge on any atom is 0.0637 e. The average Bonchev–Trinajstić information content (AvgIpc) is 2.45. The van der Waals surface area contributed by atoms with E-state index in [1.165, 1.54) is 32.4 Å². The van der Waals surface area contributed by atoms with Crippen LogP contribution in [0.2, 0.25) is 0 Å². The summed E-state index contributed by atoms with van der Waals surface area (Å²) in [5.74, 6) is 1.55. The van der Waals surface area contributed by atoms with Crippen molar-refractivity contribution in [3.05, 3.63) is 0 Å². The molecule has 1 heterocycles. The summed E-state index contributed by atoms with van der Waals surface area (Å²) in [5, 5.41) is 3.76. The summed E-state index contributed by atoms with van der Waals surface area (Å²) in [6, 6.07) is 1.17. The summed E-state index contributed by atoms with van der Waals surface area (Å²) in [4.78, 5) is 2.70. The van der Waals surface area contributed by atoms with E-state index in [2.05, 4.69) is 44.8 Å². The third kappa shape index (κ3) is 7.62. The molecule has 0 aromatic carbocycles. The van der Waals surface area contributed by atoms with E-state index in [0.29, 0.717) is 12.1 Å². The average molecular weight is 299 g/mol. The minimum Gasteiger partial charge on any atom is -0.380 e. The maximum atomic E-state index is 5.81. The summed E-state index contributed by atoms with van der Waals surface area (Å²) >= 11 is 0. The first-order valence-electron chi connectivity index (χ1n) is 9.09. The van der Waals surface area contributed by atoms with Crippen molar-refractivity contribution < 1.29 is 4.74 Å². The fourth-order valence-electron chi connectivity index (χ4n) is 2.94. The molecule has 21 heavy (non-hydrogen) atoms. The van der Waals surface area contributed by atoms with Crippen molar-refractivity contribution in [3.8, 4) is 0 Å². The molecule has 0 aromatic rings. The molecule has 0 bridgehead atoms. The Labute approximate surface area is 132 Å². The lowest BCUT2D eigenvalue weighted by Crippen LogP contribution is -2.56. The predicted octanol–water partition coefficient (Wildman–Crippen LogP) is 3.54. The Hall–Kier alpha value is -0.120. The van der Waals surface area contributed by atoms with Gasteiger partial charge in [0, 0.05) is 18.7 Å². The minimum absolute atomic E-state index is 0.558. The molecule has 0 saturated carbocycles. The summed E-state index contributed by atoms with van der Waals surface area (Å²) in [6.45, 7) is 16.9. The van der Waals surface area contributed by atoms with Crippen molar-refractivity contribution in [2.45, 2.75) is 72.4 Å². The number of nitrogens with zero attached hydrogens (tertiary/aromatic N) is 1. The molecular formula is C18H38N2O. The fraction of sp³-hybridized carbons (Fsp3) is 1.00. The smallest absolute Gasteiger partial charge is 0.0637 e. The van der Waals surface area contributed by atoms with Crippen LogP contribution >= 0.6 is 0 Å². The van der Waals surface area contributed by atoms with Gasteiger partial charge >= 0.3 is 0 Å². The Morgan fingerprint density at radius 2 is 1.71 bits per heavy atom. The molecule has 1 saturated heterocycles. The number of nitrogens with one attached hydrogen (secondary N) is 1. The molecule has 0 aliphatic carbocycles. The van der Waals surface area contributed by atoms with E-state index in [9.17, 15) is 0 Å². The highest BCUT2D eigenvalue weighted by Gasteiger charge is 2.30. The van der Waals surface area contributed by atoms with E-state index in [4.69, 9.17) is 4.74 Å². The quantitative estimate of drug-likeness (QED) is 0.667. The molecule has 1 aliphatic heterocycles. The minimum atomic E-state index is 0.558. The molecule has 0 radical (unpaired) electrons. The topological polar surface area (TPSA) is 24.5 Å². The third-order valence-electron chi connectivity index (χ3n) is 4.44. The molecule has 0 aromatic heterocycles. The molecule has 126 valence electrons. The van der Waals surface area contributed by atoms with Crippen LogP contribution in [-0.2, 0) is 4.74 Å². The zero-order valence-electron chi connectivity index (χ0n) is 15.0. The van der Waals surface area contributed by atoms with Gasteiger partial charge in [0.1, 0.15) is 0 Å². The van der Waals surface area contributed by atoms with Gasteiger partial charge in [-0.1, -0.05) is 34.6 Å². The van der Waals surface area contributed by atoms with Crippen molar-refractivity contribution in [1.29, 1.82) is 0 Å². The Morgan fingerprint density at radius 1 is 1.10 bits per heavy atom. The van der Waals surface area contributed by atoms with E-state index in [0.717, 1.165) is 38.0 Å². The van der Waals surface area contributed by atoms with Gasteiger partial charge in [-0.25, -0.2) is 0 Å². The van der Waals surface area contributed by atoms with Gasteiger partial charge in [0.25, 0.3) is 0 Å². The number of hydrogen-bond donors (Lipinski definition) is 1. The first-order valence-corrected chi connectivity index (χ1v) is 9.09. The van der Waals surface area contributed by atoms with Crippen LogP contribution < -0.4 is 5.32 Å². The zero-order valence-corrected chi connectivity index (χ0v) is 15.0. The summed E-state index contributed by atoms with van der Waals surface area (Å²) < 4.78 is 5.81. The van der Waals surface area contributed by atoms with Crippen LogP contribution in [0.15, 0.2) is 0 Å². The van der Waals surface area contributed by atoms with Gasteiger partial charge in [-0.15, -0.1) is 0 Å². The second-order valence-corrected chi connectivity index (χ2v) is 7.39. The van der Waals surface area contributed by atoms with Gasteiger partial charge in [-0.05, 0) is 57.2 Å². The predicted molar refractivity (Wildman–Crippen MR) is 91.8 cm³/mol. The van der Waals surface area contributed by atoms with Gasteiger partial charge in [-0.3, -0.25) is 4.90 Å². The zero-order chi connectivity index (χ0) is 15.7. The molecule has 2 atom stereocenters. The van der Waals surface area contributed by atoms with Crippen molar-refractivity contribution in [1.82, 2.24) is 10.2 Å². The second-order valence-electron chi connectivity index (χ2n) is 7.39. The molecule has 1 N–H and O–H groups in total. The third-order valence-corrected chi connectivity index (χ3v) is 4.44. The molecule has 2 unspecified atom stereocenters. The Kier molecular flexibility index (Phi) is 9.54. The fourth-order valence-corrected chi connectivity index (χ4v) is 2.94. The van der Waals surface area contributed by atoms with E-state index in [-0.39, 0.29) is 0 Å².